The lowest BCUT2D eigenvalue weighted by Gasteiger charge is -2.04. The zero-order valence-corrected chi connectivity index (χ0v) is 8.17. The molecule has 2 rings (SSSR count). The first-order valence-corrected chi connectivity index (χ1v) is 4.57. The predicted molar refractivity (Wildman–Crippen MR) is 54.8 cm³/mol. The molecule has 1 aliphatic carbocycles. The molecule has 0 aromatic carbocycles. The van der Waals surface area contributed by atoms with E-state index in [2.05, 4.69) is 35.6 Å². The number of anilines is 2. The molecular formula is C7H10N8. The van der Waals surface area contributed by atoms with E-state index in [0.29, 0.717) is 17.9 Å². The Bertz CT molecular complexity index is 405. The molecule has 1 aromatic heterocycles. The zero-order chi connectivity index (χ0) is 10.7. The summed E-state index contributed by atoms with van der Waals surface area (Å²) in [6, 6.07) is 0.441. The maximum absolute atomic E-state index is 8.29. The van der Waals surface area contributed by atoms with Crippen LogP contribution in [0, 0.1) is 0 Å². The van der Waals surface area contributed by atoms with E-state index in [1.165, 1.54) is 0 Å². The second-order valence-electron chi connectivity index (χ2n) is 3.14. The van der Waals surface area contributed by atoms with E-state index in [1.54, 1.807) is 7.05 Å². The standard InChI is InChI=1S/C7H10N8/c1-9-5-11-6(10-4-2-3-4)13-7(12-5)14-15-8/h4H,2-3H2,1H3,(H2,9,10,11,12,13). The molecular weight excluding hydrogens is 196 g/mol. The van der Waals surface area contributed by atoms with Gasteiger partial charge in [-0.15, -0.1) is 0 Å². The first-order valence-electron chi connectivity index (χ1n) is 4.57. The Morgan fingerprint density at radius 1 is 1.33 bits per heavy atom. The minimum atomic E-state index is 0.0694. The van der Waals surface area contributed by atoms with Crippen LogP contribution in [-0.4, -0.2) is 28.0 Å². The lowest BCUT2D eigenvalue weighted by atomic mass is 10.7. The van der Waals surface area contributed by atoms with Crippen molar-refractivity contribution in [2.75, 3.05) is 17.7 Å². The number of nitrogens with zero attached hydrogens (tertiary/aromatic N) is 6. The first kappa shape index (κ1) is 9.47. The fourth-order valence-corrected chi connectivity index (χ4v) is 1.04. The summed E-state index contributed by atoms with van der Waals surface area (Å²) in [5, 5.41) is 9.22. The maximum Gasteiger partial charge on any atom is 0.228 e. The van der Waals surface area contributed by atoms with Crippen LogP contribution < -0.4 is 10.6 Å². The van der Waals surface area contributed by atoms with Crippen LogP contribution in [0.3, 0.4) is 0 Å². The fraction of sp³-hybridized carbons (Fsp3) is 0.571. The Morgan fingerprint density at radius 3 is 2.67 bits per heavy atom. The van der Waals surface area contributed by atoms with Crippen LogP contribution in [0.15, 0.2) is 5.11 Å². The number of hydrogen-bond acceptors (Lipinski definition) is 6. The van der Waals surface area contributed by atoms with Gasteiger partial charge in [-0.25, -0.2) is 0 Å². The summed E-state index contributed by atoms with van der Waals surface area (Å²) in [6.45, 7) is 0. The van der Waals surface area contributed by atoms with E-state index < -0.39 is 0 Å². The summed E-state index contributed by atoms with van der Waals surface area (Å²) in [5.74, 6) is 0.898. The highest BCUT2D eigenvalue weighted by atomic mass is 15.3. The van der Waals surface area contributed by atoms with Crippen LogP contribution in [0.1, 0.15) is 12.8 Å². The average Bonchev–Trinajstić information content (AvgIpc) is 3.02. The maximum atomic E-state index is 8.29. The molecule has 1 aromatic rings. The first-order chi connectivity index (χ1) is 7.31. The summed E-state index contributed by atoms with van der Waals surface area (Å²) in [5.41, 5.74) is 8.29. The third-order valence-electron chi connectivity index (χ3n) is 1.89. The Hall–Kier alpha value is -2.08. The molecule has 2 N–H and O–H groups in total. The van der Waals surface area contributed by atoms with Crippen LogP contribution >= 0.6 is 0 Å². The molecule has 1 saturated carbocycles. The van der Waals surface area contributed by atoms with Crippen molar-refractivity contribution in [3.05, 3.63) is 10.4 Å². The van der Waals surface area contributed by atoms with Gasteiger partial charge in [-0.05, 0) is 23.5 Å². The van der Waals surface area contributed by atoms with E-state index in [4.69, 9.17) is 5.53 Å². The van der Waals surface area contributed by atoms with Crippen LogP contribution in [-0.2, 0) is 0 Å². The predicted octanol–water partition coefficient (Wildman–Crippen LogP) is 1.43. The summed E-state index contributed by atoms with van der Waals surface area (Å²) >= 11 is 0. The molecule has 0 unspecified atom stereocenters. The molecule has 8 nitrogen and oxygen atoms in total. The van der Waals surface area contributed by atoms with Crippen molar-refractivity contribution in [1.29, 1.82) is 0 Å². The highest BCUT2D eigenvalue weighted by molar-refractivity contribution is 5.40. The minimum absolute atomic E-state index is 0.0694. The third kappa shape index (κ3) is 2.44. The molecule has 0 amide bonds. The molecule has 0 saturated heterocycles. The zero-order valence-electron chi connectivity index (χ0n) is 8.17. The molecule has 15 heavy (non-hydrogen) atoms. The van der Waals surface area contributed by atoms with Crippen molar-refractivity contribution in [1.82, 2.24) is 15.0 Å². The SMILES string of the molecule is CNc1nc(N=[N+]=[N-])nc(NC2CC2)n1. The van der Waals surface area contributed by atoms with Gasteiger partial charge in [-0.1, -0.05) is 0 Å². The number of rotatable bonds is 4. The number of hydrogen-bond donors (Lipinski definition) is 2. The highest BCUT2D eigenvalue weighted by Crippen LogP contribution is 2.23. The largest absolute Gasteiger partial charge is 0.357 e. The third-order valence-corrected chi connectivity index (χ3v) is 1.89. The molecule has 1 aliphatic rings. The van der Waals surface area contributed by atoms with Crippen molar-refractivity contribution >= 4 is 17.8 Å². The Labute approximate surface area is 85.8 Å². The number of azide groups is 1. The molecule has 0 atom stereocenters. The Kier molecular flexibility index (Phi) is 2.51. The Balaban J connectivity index is 2.26. The van der Waals surface area contributed by atoms with Gasteiger partial charge in [0.05, 0.1) is 0 Å². The molecule has 1 fully saturated rings. The van der Waals surface area contributed by atoms with E-state index >= 15 is 0 Å². The lowest BCUT2D eigenvalue weighted by molar-refractivity contribution is 0.993. The molecule has 0 aliphatic heterocycles. The molecule has 8 heteroatoms. The van der Waals surface area contributed by atoms with Crippen molar-refractivity contribution in [2.24, 2.45) is 5.11 Å². The van der Waals surface area contributed by atoms with E-state index in [-0.39, 0.29) is 5.95 Å². The van der Waals surface area contributed by atoms with E-state index in [9.17, 15) is 0 Å². The number of aromatic nitrogens is 3. The van der Waals surface area contributed by atoms with Gasteiger partial charge in [0.2, 0.25) is 17.8 Å². The molecule has 1 heterocycles. The van der Waals surface area contributed by atoms with Crippen molar-refractivity contribution in [3.8, 4) is 0 Å². The summed E-state index contributed by atoms with van der Waals surface area (Å²) in [6.07, 6.45) is 2.24. The van der Waals surface area contributed by atoms with Crippen LogP contribution in [0.4, 0.5) is 17.8 Å². The number of nitrogens with one attached hydrogen (secondary N) is 2. The fourth-order valence-electron chi connectivity index (χ4n) is 1.04. The van der Waals surface area contributed by atoms with Gasteiger partial charge in [-0.2, -0.15) is 15.0 Å². The second kappa shape index (κ2) is 3.97. The van der Waals surface area contributed by atoms with Gasteiger partial charge in [0, 0.05) is 18.0 Å². The molecule has 0 spiro atoms. The van der Waals surface area contributed by atoms with Gasteiger partial charge in [0.15, 0.2) is 0 Å². The van der Waals surface area contributed by atoms with Gasteiger partial charge in [0.25, 0.3) is 0 Å². The molecule has 0 bridgehead atoms. The summed E-state index contributed by atoms with van der Waals surface area (Å²) in [7, 11) is 1.69. The van der Waals surface area contributed by atoms with Gasteiger partial charge >= 0.3 is 0 Å². The van der Waals surface area contributed by atoms with E-state index in [1.807, 2.05) is 0 Å². The van der Waals surface area contributed by atoms with Crippen LogP contribution in [0.25, 0.3) is 10.4 Å². The normalized spacial score (nSPS) is 14.2. The monoisotopic (exact) mass is 206 g/mol. The van der Waals surface area contributed by atoms with Crippen LogP contribution in [0.2, 0.25) is 0 Å². The quantitative estimate of drug-likeness (QED) is 0.439. The molecule has 78 valence electrons. The van der Waals surface area contributed by atoms with Gasteiger partial charge in [-0.3, -0.25) is 0 Å². The Morgan fingerprint density at radius 2 is 2.07 bits per heavy atom. The topological polar surface area (TPSA) is 111 Å². The molecule has 0 radical (unpaired) electrons. The minimum Gasteiger partial charge on any atom is -0.357 e. The average molecular weight is 206 g/mol. The summed E-state index contributed by atoms with van der Waals surface area (Å²) in [4.78, 5) is 14.6. The van der Waals surface area contributed by atoms with Gasteiger partial charge < -0.3 is 10.6 Å². The van der Waals surface area contributed by atoms with Crippen molar-refractivity contribution in [2.45, 2.75) is 18.9 Å². The van der Waals surface area contributed by atoms with Crippen molar-refractivity contribution in [3.63, 3.8) is 0 Å². The highest BCUT2D eigenvalue weighted by Gasteiger charge is 2.22. The van der Waals surface area contributed by atoms with E-state index in [0.717, 1.165) is 12.8 Å². The smallest absolute Gasteiger partial charge is 0.228 e. The van der Waals surface area contributed by atoms with Crippen LogP contribution in [0.5, 0.6) is 0 Å². The second-order valence-corrected chi connectivity index (χ2v) is 3.14. The van der Waals surface area contributed by atoms with Gasteiger partial charge in [0.1, 0.15) is 0 Å². The lowest BCUT2D eigenvalue weighted by Crippen LogP contribution is -2.08. The van der Waals surface area contributed by atoms with Crippen molar-refractivity contribution < 1.29 is 0 Å². The summed E-state index contributed by atoms with van der Waals surface area (Å²) < 4.78 is 0.